The number of halogens is 2. The van der Waals surface area contributed by atoms with Gasteiger partial charge in [0, 0.05) is 26.2 Å². The van der Waals surface area contributed by atoms with E-state index >= 15 is 0 Å². The van der Waals surface area contributed by atoms with E-state index in [-0.39, 0.29) is 56.4 Å². The first-order chi connectivity index (χ1) is 10.4. The molecule has 25 heavy (non-hydrogen) atoms. The Hall–Kier alpha value is -0.427. The van der Waals surface area contributed by atoms with E-state index in [4.69, 9.17) is 4.74 Å². The van der Waals surface area contributed by atoms with Crippen LogP contribution in [-0.2, 0) is 38.0 Å². The van der Waals surface area contributed by atoms with Gasteiger partial charge in [-0.05, 0) is 16.5 Å². The Morgan fingerprint density at radius 3 is 2.20 bits per heavy atom. The van der Waals surface area contributed by atoms with Gasteiger partial charge in [0.1, 0.15) is 5.75 Å². The van der Waals surface area contributed by atoms with Crippen LogP contribution >= 0.6 is 24.8 Å². The van der Waals surface area contributed by atoms with E-state index in [1.165, 1.54) is 27.8 Å². The zero-order valence-electron chi connectivity index (χ0n) is 15.6. The molecule has 0 spiro atoms. The molecule has 1 atom stereocenters. The minimum absolute atomic E-state index is 0. The Kier molecular flexibility index (Phi) is 9.33. The van der Waals surface area contributed by atoms with Crippen molar-refractivity contribution in [2.45, 2.75) is 39.5 Å². The largest absolute Gasteiger partial charge is 0.498 e. The minimum atomic E-state index is 0. The van der Waals surface area contributed by atoms with Crippen LogP contribution in [-0.4, -0.2) is 7.11 Å². The van der Waals surface area contributed by atoms with Crippen LogP contribution in [0.4, 0.5) is 0 Å². The third-order valence-electron chi connectivity index (χ3n) is 4.49. The van der Waals surface area contributed by atoms with E-state index in [0.29, 0.717) is 5.92 Å². The molecule has 0 saturated heterocycles. The van der Waals surface area contributed by atoms with E-state index in [1.54, 1.807) is 7.11 Å². The first-order valence-electron chi connectivity index (χ1n) is 8.06. The second-order valence-corrected chi connectivity index (χ2v) is 7.36. The standard InChI is InChI=1S/C21H25O.2ClH.Zr/c1-14-11-16-13-18(21(2,3)4)20(22-5)19(17(16)12-14)15-9-7-6-8-10-15;;;/h6-11,13-14H,12H2,1-5H3;2*1H;/q-1;;;. The maximum atomic E-state index is 5.90. The van der Waals surface area contributed by atoms with Crippen molar-refractivity contribution in [3.8, 4) is 16.9 Å². The van der Waals surface area contributed by atoms with E-state index in [1.807, 2.05) is 0 Å². The molecule has 0 heterocycles. The molecule has 136 valence electrons. The molecule has 4 heteroatoms. The van der Waals surface area contributed by atoms with Gasteiger partial charge in [-0.3, -0.25) is 0 Å². The number of benzene rings is 2. The normalized spacial score (nSPS) is 15.0. The van der Waals surface area contributed by atoms with Crippen LogP contribution in [0.15, 0.2) is 36.4 Å². The molecule has 1 aliphatic rings. The molecule has 1 nitrogen and oxygen atoms in total. The molecule has 2 aromatic rings. The summed E-state index contributed by atoms with van der Waals surface area (Å²) < 4.78 is 5.90. The maximum Gasteiger partial charge on any atom is 0.106 e. The monoisotopic (exact) mass is 455 g/mol. The molecule has 0 amide bonds. The summed E-state index contributed by atoms with van der Waals surface area (Å²) in [6.07, 6.45) is 3.50. The fourth-order valence-electron chi connectivity index (χ4n) is 3.46. The fraction of sp³-hybridized carbons (Fsp3) is 0.381. The predicted octanol–water partition coefficient (Wildman–Crippen LogP) is 6.25. The second kappa shape index (κ2) is 9.49. The van der Waals surface area contributed by atoms with Gasteiger partial charge in [0.25, 0.3) is 0 Å². The molecule has 3 rings (SSSR count). The first kappa shape index (κ1) is 24.6. The Balaban J connectivity index is 0.00000192. The van der Waals surface area contributed by atoms with Gasteiger partial charge in [-0.25, -0.2) is 0 Å². The SMILES string of the molecule is COc1c(C(C)(C)C)cc2c(c1-c1ccccc1)CC(C)[CH-]2.Cl.Cl.[Zr]. The van der Waals surface area contributed by atoms with E-state index in [9.17, 15) is 0 Å². The van der Waals surface area contributed by atoms with Crippen molar-refractivity contribution >= 4 is 24.8 Å². The van der Waals surface area contributed by atoms with Crippen molar-refractivity contribution < 1.29 is 30.9 Å². The van der Waals surface area contributed by atoms with Crippen LogP contribution in [0.25, 0.3) is 11.1 Å². The van der Waals surface area contributed by atoms with Gasteiger partial charge in [-0.1, -0.05) is 75.9 Å². The summed E-state index contributed by atoms with van der Waals surface area (Å²) in [5.41, 5.74) is 6.71. The summed E-state index contributed by atoms with van der Waals surface area (Å²) in [7, 11) is 1.80. The van der Waals surface area contributed by atoms with Gasteiger partial charge in [0.05, 0.1) is 7.11 Å². The maximum absolute atomic E-state index is 5.90. The van der Waals surface area contributed by atoms with E-state index in [0.717, 1.165) is 12.2 Å². The van der Waals surface area contributed by atoms with Gasteiger partial charge in [0.15, 0.2) is 0 Å². The average molecular weight is 458 g/mol. The summed E-state index contributed by atoms with van der Waals surface area (Å²) in [6, 6.07) is 13.0. The smallest absolute Gasteiger partial charge is 0.106 e. The molecule has 0 bridgehead atoms. The second-order valence-electron chi connectivity index (χ2n) is 7.36. The zero-order valence-corrected chi connectivity index (χ0v) is 19.6. The molecule has 2 aromatic carbocycles. The number of fused-ring (bicyclic) bond motifs is 1. The number of rotatable bonds is 2. The van der Waals surface area contributed by atoms with Crippen LogP contribution in [0.1, 0.15) is 44.4 Å². The number of ether oxygens (including phenoxy) is 1. The van der Waals surface area contributed by atoms with Crippen molar-refractivity contribution in [3.63, 3.8) is 0 Å². The number of methoxy groups -OCH3 is 1. The molecule has 0 radical (unpaired) electrons. The zero-order chi connectivity index (χ0) is 15.9. The van der Waals surface area contributed by atoms with E-state index in [2.05, 4.69) is 70.5 Å². The van der Waals surface area contributed by atoms with Gasteiger partial charge < -0.3 is 4.74 Å². The van der Waals surface area contributed by atoms with E-state index < -0.39 is 0 Å². The summed E-state index contributed by atoms with van der Waals surface area (Å²) >= 11 is 0. The Morgan fingerprint density at radius 2 is 1.68 bits per heavy atom. The van der Waals surface area contributed by atoms with Crippen molar-refractivity contribution in [2.75, 3.05) is 7.11 Å². The van der Waals surface area contributed by atoms with Crippen molar-refractivity contribution in [2.24, 2.45) is 5.92 Å². The predicted molar refractivity (Wildman–Crippen MR) is 108 cm³/mol. The summed E-state index contributed by atoms with van der Waals surface area (Å²) in [6.45, 7) is 9.05. The topological polar surface area (TPSA) is 9.23 Å². The summed E-state index contributed by atoms with van der Waals surface area (Å²) in [5.74, 6) is 1.64. The van der Waals surface area contributed by atoms with Crippen molar-refractivity contribution in [1.82, 2.24) is 0 Å². The Morgan fingerprint density at radius 1 is 1.08 bits per heavy atom. The van der Waals surface area contributed by atoms with Gasteiger partial charge in [0.2, 0.25) is 0 Å². The number of hydrogen-bond acceptors (Lipinski definition) is 1. The fourth-order valence-corrected chi connectivity index (χ4v) is 3.46. The molecule has 0 fully saturated rings. The van der Waals surface area contributed by atoms with Crippen molar-refractivity contribution in [3.05, 3.63) is 59.5 Å². The molecule has 1 aliphatic carbocycles. The van der Waals surface area contributed by atoms with Crippen LogP contribution in [0.5, 0.6) is 5.75 Å². The van der Waals surface area contributed by atoms with Gasteiger partial charge in [-0.2, -0.15) is 18.1 Å². The Bertz CT molecular complexity index is 693. The third-order valence-corrected chi connectivity index (χ3v) is 4.49. The molecular weight excluding hydrogens is 430 g/mol. The van der Waals surface area contributed by atoms with Gasteiger partial charge in [-0.15, -0.1) is 30.4 Å². The third kappa shape index (κ3) is 4.85. The van der Waals surface area contributed by atoms with Crippen LogP contribution < -0.4 is 4.74 Å². The minimum Gasteiger partial charge on any atom is -0.498 e. The molecule has 0 aliphatic heterocycles. The molecular formula is C21H27Cl2OZr-. The summed E-state index contributed by atoms with van der Waals surface area (Å²) in [4.78, 5) is 0. The average Bonchev–Trinajstić information content (AvgIpc) is 2.85. The Labute approximate surface area is 183 Å². The summed E-state index contributed by atoms with van der Waals surface area (Å²) in [5, 5.41) is 0. The molecule has 0 aromatic heterocycles. The number of hydrogen-bond donors (Lipinski definition) is 0. The van der Waals surface area contributed by atoms with Crippen LogP contribution in [0, 0.1) is 12.3 Å². The van der Waals surface area contributed by atoms with Crippen LogP contribution in [0.2, 0.25) is 0 Å². The van der Waals surface area contributed by atoms with Crippen molar-refractivity contribution in [1.29, 1.82) is 0 Å². The van der Waals surface area contributed by atoms with Gasteiger partial charge >= 0.3 is 0 Å². The van der Waals surface area contributed by atoms with Crippen LogP contribution in [0.3, 0.4) is 0 Å². The first-order valence-corrected chi connectivity index (χ1v) is 8.06. The quantitative estimate of drug-likeness (QED) is 0.485. The molecule has 0 N–H and O–H groups in total. The molecule has 1 unspecified atom stereocenters. The molecule has 0 saturated carbocycles.